The Morgan fingerprint density at radius 2 is 1.74 bits per heavy atom. The van der Waals surface area contributed by atoms with Crippen molar-refractivity contribution in [3.8, 4) is 0 Å². The molecule has 0 amide bonds. The first-order valence-electron chi connectivity index (χ1n) is 8.90. The molecule has 126 valence electrons. The first-order valence-corrected chi connectivity index (χ1v) is 8.90. The molecule has 0 spiro atoms. The summed E-state index contributed by atoms with van der Waals surface area (Å²) in [6.07, 6.45) is 16.6. The van der Waals surface area contributed by atoms with Crippen LogP contribution in [0, 0.1) is 5.41 Å². The fourth-order valence-electron chi connectivity index (χ4n) is 3.16. The Bertz CT molecular complexity index is 538. The van der Waals surface area contributed by atoms with Gasteiger partial charge in [0, 0.05) is 18.2 Å². The molecule has 1 saturated carbocycles. The third kappa shape index (κ3) is 4.92. The molecule has 0 aromatic rings. The third-order valence-electron chi connectivity index (χ3n) is 4.64. The number of unbranched alkanes of at least 4 members (excludes halogenated alkanes) is 4. The minimum Gasteiger partial charge on any atom is -0.293 e. The molecule has 0 radical (unpaired) electrons. The van der Waals surface area contributed by atoms with Crippen LogP contribution in [0.2, 0.25) is 0 Å². The Hall–Kier alpha value is -1.63. The fraction of sp³-hybridized carbons (Fsp3) is 0.500. The van der Waals surface area contributed by atoms with Crippen LogP contribution < -0.4 is 0 Å². The van der Waals surface area contributed by atoms with Crippen LogP contribution in [0.5, 0.6) is 0 Å². The highest BCUT2D eigenvalue weighted by atomic mass is 14.7. The van der Waals surface area contributed by atoms with Crippen molar-refractivity contribution in [1.82, 2.24) is 0 Å². The van der Waals surface area contributed by atoms with E-state index in [2.05, 4.69) is 64.1 Å². The van der Waals surface area contributed by atoms with Crippen LogP contribution in [-0.2, 0) is 0 Å². The van der Waals surface area contributed by atoms with Crippen LogP contribution in [-0.4, -0.2) is 12.8 Å². The smallest absolute Gasteiger partial charge is 0.0389 e. The summed E-state index contributed by atoms with van der Waals surface area (Å²) in [7, 11) is 0. The first-order chi connectivity index (χ1) is 11.0. The number of nitrogens with zero attached hydrogens (tertiary/aromatic N) is 1. The molecule has 1 rings (SSSR count). The monoisotopic (exact) mass is 311 g/mol. The second-order valence-electron chi connectivity index (χ2n) is 6.67. The van der Waals surface area contributed by atoms with Gasteiger partial charge >= 0.3 is 0 Å². The second kappa shape index (κ2) is 9.50. The highest BCUT2D eigenvalue weighted by Gasteiger charge is 2.38. The van der Waals surface area contributed by atoms with Crippen molar-refractivity contribution in [2.24, 2.45) is 10.4 Å². The van der Waals surface area contributed by atoms with Crippen molar-refractivity contribution in [1.29, 1.82) is 0 Å². The average molecular weight is 312 g/mol. The predicted molar refractivity (Wildman–Crippen MR) is 105 cm³/mol. The lowest BCUT2D eigenvalue weighted by Crippen LogP contribution is -2.09. The summed E-state index contributed by atoms with van der Waals surface area (Å²) < 4.78 is 0. The molecular formula is C22H33N. The van der Waals surface area contributed by atoms with Gasteiger partial charge in [-0.1, -0.05) is 77.8 Å². The Morgan fingerprint density at radius 1 is 1.04 bits per heavy atom. The zero-order chi connectivity index (χ0) is 17.3. The van der Waals surface area contributed by atoms with Gasteiger partial charge in [0.15, 0.2) is 0 Å². The van der Waals surface area contributed by atoms with Gasteiger partial charge in [-0.15, -0.1) is 0 Å². The third-order valence-corrected chi connectivity index (χ3v) is 4.64. The molecule has 0 atom stereocenters. The molecule has 1 fully saturated rings. The van der Waals surface area contributed by atoms with Crippen molar-refractivity contribution < 1.29 is 0 Å². The fourth-order valence-corrected chi connectivity index (χ4v) is 3.16. The Balaban J connectivity index is 2.78. The highest BCUT2D eigenvalue weighted by Crippen LogP contribution is 2.52. The number of hydrogen-bond acceptors (Lipinski definition) is 1. The van der Waals surface area contributed by atoms with Crippen molar-refractivity contribution in [3.05, 3.63) is 59.8 Å². The van der Waals surface area contributed by atoms with E-state index >= 15 is 0 Å². The van der Waals surface area contributed by atoms with E-state index in [1.807, 2.05) is 12.3 Å². The SMILES string of the molecule is C=C/C=C1\C(=CC)C(C)(C)C(=C)\C1=C/C=NCCCCCCC. The van der Waals surface area contributed by atoms with Crippen LogP contribution in [0.4, 0.5) is 0 Å². The second-order valence-corrected chi connectivity index (χ2v) is 6.67. The standard InChI is InChI=1S/C22H33N/c1-7-10-11-12-13-16-23-17-15-19-18(4)22(5,6)21(9-3)20(19)14-8-2/h8-9,14-15,17H,2,4,7,10-13,16H2,1,3,5-6H3/b19-15+,20-14-,21-9?,23-17?. The van der Waals surface area contributed by atoms with E-state index in [1.165, 1.54) is 48.8 Å². The van der Waals surface area contributed by atoms with E-state index < -0.39 is 0 Å². The molecule has 0 saturated heterocycles. The summed E-state index contributed by atoms with van der Waals surface area (Å²) in [4.78, 5) is 4.55. The largest absolute Gasteiger partial charge is 0.293 e. The molecule has 1 nitrogen and oxygen atoms in total. The van der Waals surface area contributed by atoms with E-state index in [9.17, 15) is 0 Å². The van der Waals surface area contributed by atoms with Gasteiger partial charge in [0.1, 0.15) is 0 Å². The van der Waals surface area contributed by atoms with E-state index in [-0.39, 0.29) is 5.41 Å². The normalized spacial score (nSPS) is 22.8. The Morgan fingerprint density at radius 3 is 2.35 bits per heavy atom. The van der Waals surface area contributed by atoms with Gasteiger partial charge in [0.25, 0.3) is 0 Å². The van der Waals surface area contributed by atoms with Gasteiger partial charge in [0.05, 0.1) is 0 Å². The quantitative estimate of drug-likeness (QED) is 0.353. The van der Waals surface area contributed by atoms with Crippen LogP contribution in [0.15, 0.2) is 64.7 Å². The lowest BCUT2D eigenvalue weighted by Gasteiger charge is -2.20. The Labute approximate surface area is 143 Å². The van der Waals surface area contributed by atoms with Gasteiger partial charge < -0.3 is 0 Å². The topological polar surface area (TPSA) is 12.4 Å². The van der Waals surface area contributed by atoms with Crippen molar-refractivity contribution in [2.75, 3.05) is 6.54 Å². The van der Waals surface area contributed by atoms with E-state index in [0.29, 0.717) is 0 Å². The molecule has 0 aliphatic heterocycles. The molecule has 23 heavy (non-hydrogen) atoms. The highest BCUT2D eigenvalue weighted by molar-refractivity contribution is 5.80. The molecule has 0 N–H and O–H groups in total. The van der Waals surface area contributed by atoms with Gasteiger partial charge in [-0.3, -0.25) is 4.99 Å². The van der Waals surface area contributed by atoms with E-state index in [1.54, 1.807) is 0 Å². The molecule has 1 aliphatic carbocycles. The average Bonchev–Trinajstić information content (AvgIpc) is 2.70. The zero-order valence-corrected chi connectivity index (χ0v) is 15.5. The van der Waals surface area contributed by atoms with Crippen LogP contribution in [0.1, 0.15) is 59.8 Å². The van der Waals surface area contributed by atoms with Crippen LogP contribution >= 0.6 is 0 Å². The molecule has 1 heteroatoms. The number of hydrogen-bond donors (Lipinski definition) is 0. The Kier molecular flexibility index (Phi) is 8.02. The van der Waals surface area contributed by atoms with Gasteiger partial charge in [-0.2, -0.15) is 0 Å². The van der Waals surface area contributed by atoms with Gasteiger partial charge in [-0.05, 0) is 41.7 Å². The van der Waals surface area contributed by atoms with Crippen molar-refractivity contribution in [2.45, 2.75) is 59.8 Å². The summed E-state index contributed by atoms with van der Waals surface area (Å²) in [6.45, 7) is 17.9. The maximum Gasteiger partial charge on any atom is 0.0389 e. The minimum absolute atomic E-state index is 0.0244. The molecule has 0 aromatic heterocycles. The lowest BCUT2D eigenvalue weighted by atomic mass is 9.83. The summed E-state index contributed by atoms with van der Waals surface area (Å²) >= 11 is 0. The van der Waals surface area contributed by atoms with E-state index in [4.69, 9.17) is 0 Å². The molecule has 0 bridgehead atoms. The summed E-state index contributed by atoms with van der Waals surface area (Å²) in [5, 5.41) is 0. The van der Waals surface area contributed by atoms with E-state index in [0.717, 1.165) is 12.1 Å². The summed E-state index contributed by atoms with van der Waals surface area (Å²) in [5.74, 6) is 0. The first kappa shape index (κ1) is 19.4. The molecule has 0 aromatic carbocycles. The number of rotatable bonds is 8. The summed E-state index contributed by atoms with van der Waals surface area (Å²) in [5.41, 5.74) is 4.88. The molecule has 0 unspecified atom stereocenters. The number of allylic oxidation sites excluding steroid dienone is 8. The number of aliphatic imine (C=N–C) groups is 1. The minimum atomic E-state index is -0.0244. The maximum absolute atomic E-state index is 4.55. The molecule has 0 heterocycles. The molecular weight excluding hydrogens is 278 g/mol. The zero-order valence-electron chi connectivity index (χ0n) is 15.5. The van der Waals surface area contributed by atoms with Gasteiger partial charge in [0.2, 0.25) is 0 Å². The molecule has 1 aliphatic rings. The van der Waals surface area contributed by atoms with Crippen molar-refractivity contribution >= 4 is 6.21 Å². The van der Waals surface area contributed by atoms with Gasteiger partial charge in [-0.25, -0.2) is 0 Å². The van der Waals surface area contributed by atoms with Crippen molar-refractivity contribution in [3.63, 3.8) is 0 Å². The predicted octanol–water partition coefficient (Wildman–Crippen LogP) is 6.61. The lowest BCUT2D eigenvalue weighted by molar-refractivity contribution is 0.584. The van der Waals surface area contributed by atoms with Crippen LogP contribution in [0.25, 0.3) is 0 Å². The van der Waals surface area contributed by atoms with Crippen LogP contribution in [0.3, 0.4) is 0 Å². The summed E-state index contributed by atoms with van der Waals surface area (Å²) in [6, 6.07) is 0. The maximum atomic E-state index is 4.55.